The predicted octanol–water partition coefficient (Wildman–Crippen LogP) is 4.82. The number of hydrogen-bond donors (Lipinski definition) is 0. The quantitative estimate of drug-likeness (QED) is 0.753. The Hall–Kier alpha value is -1.64. The molecule has 1 aliphatic rings. The van der Waals surface area contributed by atoms with Gasteiger partial charge in [0.05, 0.1) is 12.3 Å². The number of nitrogens with zero attached hydrogens (tertiary/aromatic N) is 2. The molecular weight excluding hydrogens is 268 g/mol. The second kappa shape index (κ2) is 7.08. The lowest BCUT2D eigenvalue weighted by Crippen LogP contribution is -2.59. The first kappa shape index (κ1) is 15.3. The Bertz CT molecular complexity index is 505. The Morgan fingerprint density at radius 1 is 0.636 bits per heavy atom. The van der Waals surface area contributed by atoms with Gasteiger partial charge >= 0.3 is 0 Å². The predicted molar refractivity (Wildman–Crippen MR) is 92.4 cm³/mol. The van der Waals surface area contributed by atoms with Crippen molar-refractivity contribution in [1.82, 2.24) is 9.80 Å². The van der Waals surface area contributed by atoms with Crippen LogP contribution in [0.4, 0.5) is 0 Å². The van der Waals surface area contributed by atoms with Crippen molar-refractivity contribution < 1.29 is 0 Å². The summed E-state index contributed by atoms with van der Waals surface area (Å²) < 4.78 is 0. The molecule has 2 aromatic carbocycles. The topological polar surface area (TPSA) is 6.48 Å². The van der Waals surface area contributed by atoms with E-state index in [0.29, 0.717) is 12.3 Å². The van der Waals surface area contributed by atoms with Crippen LogP contribution in [-0.2, 0) is 0 Å². The molecule has 0 amide bonds. The molecule has 116 valence electrons. The van der Waals surface area contributed by atoms with Crippen molar-refractivity contribution in [2.75, 3.05) is 13.1 Å². The van der Waals surface area contributed by atoms with E-state index in [1.54, 1.807) is 0 Å². The molecule has 0 N–H and O–H groups in total. The molecule has 0 bridgehead atoms. The van der Waals surface area contributed by atoms with Crippen molar-refractivity contribution in [3.8, 4) is 0 Å². The van der Waals surface area contributed by atoms with Gasteiger partial charge in [0, 0.05) is 13.1 Å². The van der Waals surface area contributed by atoms with Gasteiger partial charge in [-0.25, -0.2) is 0 Å². The smallest absolute Gasteiger partial charge is 0.0916 e. The van der Waals surface area contributed by atoms with Crippen molar-refractivity contribution in [2.24, 2.45) is 0 Å². The Morgan fingerprint density at radius 3 is 1.32 bits per heavy atom. The van der Waals surface area contributed by atoms with Gasteiger partial charge in [-0.3, -0.25) is 9.80 Å². The fourth-order valence-electron chi connectivity index (χ4n) is 3.60. The summed E-state index contributed by atoms with van der Waals surface area (Å²) in [7, 11) is 0. The summed E-state index contributed by atoms with van der Waals surface area (Å²) in [5.41, 5.74) is 2.83. The number of benzene rings is 2. The first-order valence-corrected chi connectivity index (χ1v) is 8.48. The van der Waals surface area contributed by atoms with E-state index < -0.39 is 0 Å². The molecule has 0 saturated carbocycles. The second-order valence-electron chi connectivity index (χ2n) is 6.04. The summed E-state index contributed by atoms with van der Waals surface area (Å²) in [6.07, 6.45) is 3.22. The van der Waals surface area contributed by atoms with Crippen molar-refractivity contribution in [3.63, 3.8) is 0 Å². The molecular formula is C20H26N2. The SMILES string of the molecule is CCCN1C(c2ccccc2)N(CCC)C1c1ccccc1. The van der Waals surface area contributed by atoms with Gasteiger partial charge in [-0.15, -0.1) is 0 Å². The fourth-order valence-corrected chi connectivity index (χ4v) is 3.60. The van der Waals surface area contributed by atoms with Crippen molar-refractivity contribution in [1.29, 1.82) is 0 Å². The van der Waals surface area contributed by atoms with E-state index in [2.05, 4.69) is 84.3 Å². The number of rotatable bonds is 6. The summed E-state index contributed by atoms with van der Waals surface area (Å²) in [6.45, 7) is 6.82. The first-order valence-electron chi connectivity index (χ1n) is 8.48. The Kier molecular flexibility index (Phi) is 4.91. The molecule has 2 aromatic rings. The van der Waals surface area contributed by atoms with Crippen LogP contribution in [0.2, 0.25) is 0 Å². The Labute approximate surface area is 134 Å². The van der Waals surface area contributed by atoms with Crippen LogP contribution in [0, 0.1) is 0 Å². The highest BCUT2D eigenvalue weighted by molar-refractivity contribution is 5.27. The maximum absolute atomic E-state index is 2.64. The highest BCUT2D eigenvalue weighted by Gasteiger charge is 2.46. The van der Waals surface area contributed by atoms with E-state index in [0.717, 1.165) is 13.1 Å². The van der Waals surface area contributed by atoms with Gasteiger partial charge in [-0.1, -0.05) is 74.5 Å². The van der Waals surface area contributed by atoms with E-state index in [4.69, 9.17) is 0 Å². The van der Waals surface area contributed by atoms with Crippen LogP contribution in [0.5, 0.6) is 0 Å². The molecule has 2 heteroatoms. The minimum Gasteiger partial charge on any atom is -0.264 e. The minimum atomic E-state index is 0.423. The van der Waals surface area contributed by atoms with E-state index in [1.165, 1.54) is 24.0 Å². The molecule has 22 heavy (non-hydrogen) atoms. The van der Waals surface area contributed by atoms with E-state index >= 15 is 0 Å². The third-order valence-electron chi connectivity index (χ3n) is 4.42. The van der Waals surface area contributed by atoms with Crippen LogP contribution in [0.3, 0.4) is 0 Å². The number of hydrogen-bond acceptors (Lipinski definition) is 2. The summed E-state index contributed by atoms with van der Waals surface area (Å²) in [6, 6.07) is 21.9. The molecule has 0 spiro atoms. The Morgan fingerprint density at radius 2 is 1.00 bits per heavy atom. The molecule has 0 unspecified atom stereocenters. The average Bonchev–Trinajstić information content (AvgIpc) is 2.56. The van der Waals surface area contributed by atoms with Crippen molar-refractivity contribution in [3.05, 3.63) is 71.8 Å². The maximum atomic E-state index is 2.64. The Balaban J connectivity index is 1.92. The first-order chi connectivity index (χ1) is 10.9. The zero-order valence-corrected chi connectivity index (χ0v) is 13.7. The van der Waals surface area contributed by atoms with Crippen LogP contribution in [0.25, 0.3) is 0 Å². The monoisotopic (exact) mass is 294 g/mol. The van der Waals surface area contributed by atoms with Gasteiger partial charge in [0.1, 0.15) is 0 Å². The van der Waals surface area contributed by atoms with Gasteiger partial charge in [-0.05, 0) is 24.0 Å². The van der Waals surface area contributed by atoms with E-state index in [1.807, 2.05) is 0 Å². The van der Waals surface area contributed by atoms with Crippen LogP contribution >= 0.6 is 0 Å². The zero-order chi connectivity index (χ0) is 15.4. The van der Waals surface area contributed by atoms with Gasteiger partial charge in [0.25, 0.3) is 0 Å². The van der Waals surface area contributed by atoms with Crippen LogP contribution in [-0.4, -0.2) is 22.9 Å². The third-order valence-corrected chi connectivity index (χ3v) is 4.42. The zero-order valence-electron chi connectivity index (χ0n) is 13.7. The van der Waals surface area contributed by atoms with E-state index in [-0.39, 0.29) is 0 Å². The van der Waals surface area contributed by atoms with Crippen LogP contribution in [0.1, 0.15) is 50.1 Å². The summed E-state index contributed by atoms with van der Waals surface area (Å²) in [4.78, 5) is 5.28. The lowest BCUT2D eigenvalue weighted by molar-refractivity contribution is -0.183. The fraction of sp³-hybridized carbons (Fsp3) is 0.400. The van der Waals surface area contributed by atoms with Gasteiger partial charge in [0.15, 0.2) is 0 Å². The van der Waals surface area contributed by atoms with Crippen molar-refractivity contribution >= 4 is 0 Å². The highest BCUT2D eigenvalue weighted by atomic mass is 15.6. The molecule has 1 saturated heterocycles. The van der Waals surface area contributed by atoms with Crippen LogP contribution in [0.15, 0.2) is 60.7 Å². The molecule has 1 aliphatic heterocycles. The van der Waals surface area contributed by atoms with Crippen molar-refractivity contribution in [2.45, 2.75) is 39.0 Å². The molecule has 0 aromatic heterocycles. The maximum Gasteiger partial charge on any atom is 0.0916 e. The second-order valence-corrected chi connectivity index (χ2v) is 6.04. The van der Waals surface area contributed by atoms with Gasteiger partial charge in [0.2, 0.25) is 0 Å². The standard InChI is InChI=1S/C20H26N2/c1-3-15-21-19(17-11-7-5-8-12-17)22(16-4-2)20(21)18-13-9-6-10-14-18/h5-14,19-20H,3-4,15-16H2,1-2H3. The largest absolute Gasteiger partial charge is 0.264 e. The normalized spacial score (nSPS) is 22.5. The third kappa shape index (κ3) is 2.81. The average molecular weight is 294 g/mol. The minimum absolute atomic E-state index is 0.423. The molecule has 0 aliphatic carbocycles. The highest BCUT2D eigenvalue weighted by Crippen LogP contribution is 2.47. The molecule has 0 radical (unpaired) electrons. The van der Waals surface area contributed by atoms with Gasteiger partial charge < -0.3 is 0 Å². The lowest BCUT2D eigenvalue weighted by Gasteiger charge is -2.58. The van der Waals surface area contributed by atoms with Crippen LogP contribution < -0.4 is 0 Å². The molecule has 3 rings (SSSR count). The molecule has 0 atom stereocenters. The van der Waals surface area contributed by atoms with Gasteiger partial charge in [-0.2, -0.15) is 0 Å². The summed E-state index contributed by atoms with van der Waals surface area (Å²) >= 11 is 0. The molecule has 2 nitrogen and oxygen atoms in total. The summed E-state index contributed by atoms with van der Waals surface area (Å²) in [5.74, 6) is 0. The summed E-state index contributed by atoms with van der Waals surface area (Å²) in [5, 5.41) is 0. The molecule has 1 heterocycles. The molecule has 1 fully saturated rings. The lowest BCUT2D eigenvalue weighted by atomic mass is 9.97. The van der Waals surface area contributed by atoms with E-state index in [9.17, 15) is 0 Å².